The molecule has 12 heavy (non-hydrogen) atoms. The zero-order valence-electron chi connectivity index (χ0n) is 5.86. The summed E-state index contributed by atoms with van der Waals surface area (Å²) < 4.78 is 0. The van der Waals surface area contributed by atoms with Gasteiger partial charge in [-0.1, -0.05) is 11.6 Å². The third-order valence-corrected chi connectivity index (χ3v) is 1.31. The van der Waals surface area contributed by atoms with Crippen molar-refractivity contribution in [3.8, 4) is 0 Å². The lowest BCUT2D eigenvalue weighted by Crippen LogP contribution is -1.94. The van der Waals surface area contributed by atoms with E-state index in [1.54, 1.807) is 12.3 Å². The maximum atomic E-state index is 9.93. The van der Waals surface area contributed by atoms with Gasteiger partial charge in [-0.15, -0.1) is 24.8 Å². The van der Waals surface area contributed by atoms with Crippen LogP contribution < -0.4 is 5.32 Å². The second-order valence-corrected chi connectivity index (χ2v) is 2.02. The van der Waals surface area contributed by atoms with Crippen LogP contribution in [0, 0.1) is 0 Å². The van der Waals surface area contributed by atoms with E-state index in [4.69, 9.17) is 11.6 Å². The number of hydrogen-bond donors (Lipinski definition) is 1. The average Bonchev–Trinajstić information content (AvgIpc) is 1.94. The number of halogens is 3. The Kier molecular flexibility index (Phi) is 8.37. The van der Waals surface area contributed by atoms with Gasteiger partial charge >= 0.3 is 0 Å². The Labute approximate surface area is 87.3 Å². The molecule has 1 N–H and O–H groups in total. The van der Waals surface area contributed by atoms with Gasteiger partial charge in [-0.05, 0) is 6.07 Å². The molecule has 0 aliphatic heterocycles. The summed E-state index contributed by atoms with van der Waals surface area (Å²) in [7, 11) is 0. The molecular weight excluding hydrogens is 222 g/mol. The first-order valence-electron chi connectivity index (χ1n) is 2.64. The molecule has 0 aliphatic carbocycles. The number of nitrogens with one attached hydrogen (secondary N) is 1. The molecule has 0 atom stereocenters. The van der Waals surface area contributed by atoms with Crippen LogP contribution in [0.5, 0.6) is 0 Å². The Morgan fingerprint density at radius 2 is 2.17 bits per heavy atom. The molecule has 6 heteroatoms. The number of hydrogen-bond acceptors (Lipinski definition) is 2. The Morgan fingerprint density at radius 3 is 2.67 bits per heavy atom. The highest BCUT2D eigenvalue weighted by Gasteiger charge is 1.94. The van der Waals surface area contributed by atoms with E-state index in [-0.39, 0.29) is 24.8 Å². The maximum Gasteiger partial charge on any atom is 0.211 e. The van der Waals surface area contributed by atoms with E-state index in [1.165, 1.54) is 6.20 Å². The first kappa shape index (κ1) is 14.0. The molecular formula is C6H7Cl3N2O. The molecule has 0 unspecified atom stereocenters. The van der Waals surface area contributed by atoms with Crippen molar-refractivity contribution in [3.05, 3.63) is 23.5 Å². The smallest absolute Gasteiger partial charge is 0.211 e. The standard InChI is InChI=1S/C6H5ClN2O.2ClH/c7-5-1-2-8-3-6(5)9-4-10;;/h1-4H,(H,9,10);2*1H. The number of amides is 1. The van der Waals surface area contributed by atoms with Crippen molar-refractivity contribution in [2.75, 3.05) is 5.32 Å². The molecule has 0 aliphatic rings. The van der Waals surface area contributed by atoms with Gasteiger partial charge in [-0.25, -0.2) is 0 Å². The second-order valence-electron chi connectivity index (χ2n) is 1.62. The number of aromatic nitrogens is 1. The van der Waals surface area contributed by atoms with E-state index >= 15 is 0 Å². The van der Waals surface area contributed by atoms with E-state index < -0.39 is 0 Å². The van der Waals surface area contributed by atoms with Crippen LogP contribution in [-0.4, -0.2) is 11.4 Å². The first-order chi connectivity index (χ1) is 4.84. The van der Waals surface area contributed by atoms with Crippen LogP contribution in [-0.2, 0) is 4.79 Å². The van der Waals surface area contributed by atoms with Crippen LogP contribution in [0.15, 0.2) is 18.5 Å². The van der Waals surface area contributed by atoms with Crippen LogP contribution in [0.4, 0.5) is 5.69 Å². The Bertz CT molecular complexity index is 244. The SMILES string of the molecule is Cl.Cl.O=CNc1cnccc1Cl. The van der Waals surface area contributed by atoms with Crippen molar-refractivity contribution >= 4 is 48.5 Å². The molecule has 0 spiro atoms. The zero-order valence-corrected chi connectivity index (χ0v) is 8.25. The second kappa shape index (κ2) is 7.16. The Balaban J connectivity index is 0. The summed E-state index contributed by atoms with van der Waals surface area (Å²) in [5, 5.41) is 2.89. The van der Waals surface area contributed by atoms with E-state index in [9.17, 15) is 4.79 Å². The predicted octanol–water partition coefficient (Wildman–Crippen LogP) is 2.15. The highest BCUT2D eigenvalue weighted by atomic mass is 35.5. The summed E-state index contributed by atoms with van der Waals surface area (Å²) in [6, 6.07) is 1.60. The van der Waals surface area contributed by atoms with Gasteiger partial charge in [0.05, 0.1) is 16.9 Å². The predicted molar refractivity (Wildman–Crippen MR) is 53.4 cm³/mol. The quantitative estimate of drug-likeness (QED) is 0.790. The summed E-state index contributed by atoms with van der Waals surface area (Å²) in [6.07, 6.45) is 3.60. The summed E-state index contributed by atoms with van der Waals surface area (Å²) >= 11 is 5.64. The van der Waals surface area contributed by atoms with Crippen LogP contribution >= 0.6 is 36.4 Å². The first-order valence-corrected chi connectivity index (χ1v) is 3.02. The van der Waals surface area contributed by atoms with E-state index in [0.29, 0.717) is 17.1 Å². The molecule has 68 valence electrons. The summed E-state index contributed by atoms with van der Waals surface area (Å²) in [4.78, 5) is 13.7. The summed E-state index contributed by atoms with van der Waals surface area (Å²) in [6.45, 7) is 0. The largest absolute Gasteiger partial charge is 0.326 e. The highest BCUT2D eigenvalue weighted by molar-refractivity contribution is 6.33. The number of anilines is 1. The lowest BCUT2D eigenvalue weighted by molar-refractivity contribution is -0.105. The van der Waals surface area contributed by atoms with Gasteiger partial charge in [0, 0.05) is 6.20 Å². The monoisotopic (exact) mass is 228 g/mol. The van der Waals surface area contributed by atoms with Gasteiger partial charge in [-0.2, -0.15) is 0 Å². The van der Waals surface area contributed by atoms with E-state index in [0.717, 1.165) is 0 Å². The van der Waals surface area contributed by atoms with Crippen molar-refractivity contribution in [1.29, 1.82) is 0 Å². The third kappa shape index (κ3) is 3.76. The molecule has 0 radical (unpaired) electrons. The van der Waals surface area contributed by atoms with Crippen LogP contribution in [0.3, 0.4) is 0 Å². The van der Waals surface area contributed by atoms with Crippen molar-refractivity contribution < 1.29 is 4.79 Å². The van der Waals surface area contributed by atoms with Gasteiger partial charge in [0.2, 0.25) is 6.41 Å². The van der Waals surface area contributed by atoms with Gasteiger partial charge in [0.1, 0.15) is 0 Å². The van der Waals surface area contributed by atoms with Crippen molar-refractivity contribution in [2.45, 2.75) is 0 Å². The fourth-order valence-corrected chi connectivity index (χ4v) is 0.707. The third-order valence-electron chi connectivity index (χ3n) is 0.982. The van der Waals surface area contributed by atoms with Gasteiger partial charge < -0.3 is 5.32 Å². The lowest BCUT2D eigenvalue weighted by Gasteiger charge is -1.97. The minimum absolute atomic E-state index is 0. The van der Waals surface area contributed by atoms with Crippen molar-refractivity contribution in [3.63, 3.8) is 0 Å². The zero-order chi connectivity index (χ0) is 7.40. The summed E-state index contributed by atoms with van der Waals surface area (Å²) in [5.41, 5.74) is 0.527. The van der Waals surface area contributed by atoms with Gasteiger partial charge in [0.15, 0.2) is 0 Å². The molecule has 3 nitrogen and oxygen atoms in total. The molecule has 0 saturated heterocycles. The highest BCUT2D eigenvalue weighted by Crippen LogP contribution is 2.17. The number of carbonyl (C=O) groups is 1. The molecule has 1 amide bonds. The minimum atomic E-state index is 0. The van der Waals surface area contributed by atoms with Crippen LogP contribution in [0.2, 0.25) is 5.02 Å². The van der Waals surface area contributed by atoms with Crippen LogP contribution in [0.25, 0.3) is 0 Å². The fourth-order valence-electron chi connectivity index (χ4n) is 0.547. The lowest BCUT2D eigenvalue weighted by atomic mass is 10.4. The molecule has 0 aromatic carbocycles. The summed E-state index contributed by atoms with van der Waals surface area (Å²) in [5.74, 6) is 0. The minimum Gasteiger partial charge on any atom is -0.326 e. The fraction of sp³-hybridized carbons (Fsp3) is 0. The van der Waals surface area contributed by atoms with Crippen LogP contribution in [0.1, 0.15) is 0 Å². The normalized spacial score (nSPS) is 7.42. The van der Waals surface area contributed by atoms with E-state index in [2.05, 4.69) is 10.3 Å². The topological polar surface area (TPSA) is 42.0 Å². The molecule has 1 rings (SSSR count). The Morgan fingerprint density at radius 1 is 1.50 bits per heavy atom. The molecule has 0 saturated carbocycles. The van der Waals surface area contributed by atoms with Gasteiger partial charge in [-0.3, -0.25) is 9.78 Å². The number of pyridine rings is 1. The maximum absolute atomic E-state index is 9.93. The van der Waals surface area contributed by atoms with E-state index in [1.807, 2.05) is 0 Å². The molecule has 1 aromatic heterocycles. The number of nitrogens with zero attached hydrogens (tertiary/aromatic N) is 1. The Hall–Kier alpha value is -0.510. The van der Waals surface area contributed by atoms with Gasteiger partial charge in [0.25, 0.3) is 0 Å². The molecule has 0 fully saturated rings. The van der Waals surface area contributed by atoms with Crippen molar-refractivity contribution in [1.82, 2.24) is 4.98 Å². The molecule has 0 bridgehead atoms. The molecule has 1 aromatic rings. The number of carbonyl (C=O) groups excluding carboxylic acids is 1. The average molecular weight is 229 g/mol. The number of rotatable bonds is 2. The van der Waals surface area contributed by atoms with Crippen molar-refractivity contribution in [2.24, 2.45) is 0 Å². The molecule has 1 heterocycles.